The molecule has 3 N–H and O–H groups in total. The SMILES string of the molecule is NC1CCN(C(O)C2CC2)C1CO[C@H]1CC[C@@H](c2ccccc2)CC1. The molecule has 138 valence electrons. The van der Waals surface area contributed by atoms with Crippen LogP contribution in [0.15, 0.2) is 30.3 Å². The molecule has 0 bridgehead atoms. The number of ether oxygens (including phenoxy) is 1. The maximum atomic E-state index is 10.5. The van der Waals surface area contributed by atoms with Crippen molar-refractivity contribution in [2.24, 2.45) is 11.7 Å². The van der Waals surface area contributed by atoms with Crippen LogP contribution in [0, 0.1) is 5.92 Å². The Morgan fingerprint density at radius 3 is 2.44 bits per heavy atom. The smallest absolute Gasteiger partial charge is 0.110 e. The molecule has 1 aromatic carbocycles. The third kappa shape index (κ3) is 4.08. The lowest BCUT2D eigenvalue weighted by molar-refractivity contribution is -0.0628. The summed E-state index contributed by atoms with van der Waals surface area (Å²) in [7, 11) is 0. The molecule has 0 radical (unpaired) electrons. The summed E-state index contributed by atoms with van der Waals surface area (Å²) in [5, 5.41) is 10.5. The van der Waals surface area contributed by atoms with E-state index in [1.165, 1.54) is 18.4 Å². The summed E-state index contributed by atoms with van der Waals surface area (Å²) in [5.74, 6) is 1.15. The average molecular weight is 344 g/mol. The first-order valence-corrected chi connectivity index (χ1v) is 10.1. The van der Waals surface area contributed by atoms with E-state index in [0.717, 1.165) is 38.6 Å². The summed E-state index contributed by atoms with van der Waals surface area (Å²) >= 11 is 0. The van der Waals surface area contributed by atoms with Crippen molar-refractivity contribution in [1.82, 2.24) is 4.90 Å². The quantitative estimate of drug-likeness (QED) is 0.833. The topological polar surface area (TPSA) is 58.7 Å². The van der Waals surface area contributed by atoms with Gasteiger partial charge in [0, 0.05) is 12.6 Å². The molecule has 4 nitrogen and oxygen atoms in total. The number of benzene rings is 1. The van der Waals surface area contributed by atoms with Crippen LogP contribution in [0.2, 0.25) is 0 Å². The predicted octanol–water partition coefficient (Wildman–Crippen LogP) is 2.86. The molecule has 0 amide bonds. The van der Waals surface area contributed by atoms with Crippen LogP contribution in [0.25, 0.3) is 0 Å². The van der Waals surface area contributed by atoms with Crippen molar-refractivity contribution in [3.05, 3.63) is 35.9 Å². The van der Waals surface area contributed by atoms with Gasteiger partial charge in [0.2, 0.25) is 0 Å². The molecule has 3 aliphatic rings. The van der Waals surface area contributed by atoms with Crippen LogP contribution in [0.3, 0.4) is 0 Å². The van der Waals surface area contributed by atoms with E-state index in [1.807, 2.05) is 0 Å². The number of hydrogen-bond acceptors (Lipinski definition) is 4. The molecule has 4 rings (SSSR count). The number of nitrogens with zero attached hydrogens (tertiary/aromatic N) is 1. The number of hydrogen-bond donors (Lipinski definition) is 2. The third-order valence-corrected chi connectivity index (χ3v) is 6.47. The van der Waals surface area contributed by atoms with Gasteiger partial charge in [-0.3, -0.25) is 4.90 Å². The highest BCUT2D eigenvalue weighted by Crippen LogP contribution is 2.37. The Labute approximate surface area is 151 Å². The lowest BCUT2D eigenvalue weighted by atomic mass is 9.83. The monoisotopic (exact) mass is 344 g/mol. The van der Waals surface area contributed by atoms with Crippen LogP contribution >= 0.6 is 0 Å². The van der Waals surface area contributed by atoms with Gasteiger partial charge < -0.3 is 15.6 Å². The molecule has 2 aliphatic carbocycles. The Balaban J connectivity index is 1.26. The first kappa shape index (κ1) is 17.5. The summed E-state index contributed by atoms with van der Waals surface area (Å²) < 4.78 is 6.27. The first-order chi connectivity index (χ1) is 12.2. The van der Waals surface area contributed by atoms with Gasteiger partial charge in [0.15, 0.2) is 0 Å². The summed E-state index contributed by atoms with van der Waals surface area (Å²) in [6, 6.07) is 11.2. The summed E-state index contributed by atoms with van der Waals surface area (Å²) in [6.07, 6.45) is 8.01. The average Bonchev–Trinajstić information content (AvgIpc) is 3.44. The van der Waals surface area contributed by atoms with Crippen LogP contribution in [-0.2, 0) is 4.74 Å². The molecule has 1 aliphatic heterocycles. The Bertz CT molecular complexity index is 540. The zero-order valence-electron chi connectivity index (χ0n) is 15.1. The fraction of sp³-hybridized carbons (Fsp3) is 0.714. The second kappa shape index (κ2) is 7.75. The van der Waals surface area contributed by atoms with E-state index < -0.39 is 0 Å². The maximum absolute atomic E-state index is 10.5. The van der Waals surface area contributed by atoms with Crippen LogP contribution in [0.5, 0.6) is 0 Å². The molecule has 4 heteroatoms. The minimum absolute atomic E-state index is 0.133. The molecule has 3 fully saturated rings. The van der Waals surface area contributed by atoms with Crippen molar-refractivity contribution in [2.75, 3.05) is 13.2 Å². The number of likely N-dealkylation sites (tertiary alicyclic amines) is 1. The lowest BCUT2D eigenvalue weighted by Gasteiger charge is -2.34. The van der Waals surface area contributed by atoms with Crippen molar-refractivity contribution < 1.29 is 9.84 Å². The van der Waals surface area contributed by atoms with Crippen LogP contribution < -0.4 is 5.73 Å². The summed E-state index contributed by atoms with van der Waals surface area (Å²) in [4.78, 5) is 2.21. The zero-order chi connectivity index (χ0) is 17.2. The highest BCUT2D eigenvalue weighted by atomic mass is 16.5. The maximum Gasteiger partial charge on any atom is 0.110 e. The molecule has 2 saturated carbocycles. The Kier molecular flexibility index (Phi) is 5.41. The fourth-order valence-corrected chi connectivity index (χ4v) is 4.64. The molecule has 1 heterocycles. The standard InChI is InChI=1S/C21H32N2O2/c22-19-12-13-23(21(24)17-6-7-17)20(19)14-25-18-10-8-16(9-11-18)15-4-2-1-3-5-15/h1-5,16-21,24H,6-14,22H2/t16-,18+,19?,20?,21?. The number of aliphatic hydroxyl groups excluding tert-OH is 1. The Hall–Kier alpha value is -0.940. The molecular weight excluding hydrogens is 312 g/mol. The van der Waals surface area contributed by atoms with Crippen molar-refractivity contribution in [3.63, 3.8) is 0 Å². The third-order valence-electron chi connectivity index (χ3n) is 6.47. The highest BCUT2D eigenvalue weighted by molar-refractivity contribution is 5.19. The molecule has 25 heavy (non-hydrogen) atoms. The molecule has 0 spiro atoms. The van der Waals surface area contributed by atoms with E-state index >= 15 is 0 Å². The van der Waals surface area contributed by atoms with E-state index in [9.17, 15) is 5.11 Å². The molecule has 3 atom stereocenters. The summed E-state index contributed by atoms with van der Waals surface area (Å²) in [6.45, 7) is 1.58. The van der Waals surface area contributed by atoms with Gasteiger partial charge >= 0.3 is 0 Å². The summed E-state index contributed by atoms with van der Waals surface area (Å²) in [5.41, 5.74) is 7.78. The van der Waals surface area contributed by atoms with E-state index in [0.29, 0.717) is 24.5 Å². The van der Waals surface area contributed by atoms with Gasteiger partial charge in [-0.15, -0.1) is 0 Å². The lowest BCUT2D eigenvalue weighted by Crippen LogP contribution is -2.48. The second-order valence-corrected chi connectivity index (χ2v) is 8.23. The van der Waals surface area contributed by atoms with Crippen molar-refractivity contribution in [3.8, 4) is 0 Å². The highest BCUT2D eigenvalue weighted by Gasteiger charge is 2.42. The Morgan fingerprint density at radius 2 is 1.76 bits per heavy atom. The predicted molar refractivity (Wildman–Crippen MR) is 99.2 cm³/mol. The number of nitrogens with two attached hydrogens (primary N) is 1. The van der Waals surface area contributed by atoms with E-state index in [4.69, 9.17) is 10.5 Å². The minimum atomic E-state index is -0.309. The normalized spacial score (nSPS) is 35.0. The fourth-order valence-electron chi connectivity index (χ4n) is 4.64. The molecule has 3 unspecified atom stereocenters. The van der Waals surface area contributed by atoms with Crippen molar-refractivity contribution in [1.29, 1.82) is 0 Å². The van der Waals surface area contributed by atoms with Gasteiger partial charge in [-0.25, -0.2) is 0 Å². The van der Waals surface area contributed by atoms with Gasteiger partial charge in [0.1, 0.15) is 6.23 Å². The molecular formula is C21H32N2O2. The van der Waals surface area contributed by atoms with E-state index in [2.05, 4.69) is 35.2 Å². The van der Waals surface area contributed by atoms with Gasteiger partial charge in [-0.05, 0) is 62.3 Å². The molecule has 1 saturated heterocycles. The van der Waals surface area contributed by atoms with Crippen LogP contribution in [0.1, 0.15) is 56.4 Å². The number of rotatable bonds is 6. The van der Waals surface area contributed by atoms with Gasteiger partial charge in [-0.2, -0.15) is 0 Å². The molecule has 1 aromatic rings. The van der Waals surface area contributed by atoms with Gasteiger partial charge in [0.05, 0.1) is 18.8 Å². The number of aliphatic hydroxyl groups is 1. The minimum Gasteiger partial charge on any atom is -0.378 e. The van der Waals surface area contributed by atoms with E-state index in [-0.39, 0.29) is 18.3 Å². The van der Waals surface area contributed by atoms with E-state index in [1.54, 1.807) is 0 Å². The van der Waals surface area contributed by atoms with Crippen LogP contribution in [0.4, 0.5) is 0 Å². The first-order valence-electron chi connectivity index (χ1n) is 10.1. The Morgan fingerprint density at radius 1 is 1.04 bits per heavy atom. The van der Waals surface area contributed by atoms with Gasteiger partial charge in [-0.1, -0.05) is 30.3 Å². The van der Waals surface area contributed by atoms with Crippen LogP contribution in [-0.4, -0.2) is 47.6 Å². The zero-order valence-corrected chi connectivity index (χ0v) is 15.1. The largest absolute Gasteiger partial charge is 0.378 e. The molecule has 0 aromatic heterocycles. The van der Waals surface area contributed by atoms with Crippen molar-refractivity contribution >= 4 is 0 Å². The van der Waals surface area contributed by atoms with Crippen molar-refractivity contribution in [2.45, 2.75) is 75.3 Å². The van der Waals surface area contributed by atoms with Gasteiger partial charge in [0.25, 0.3) is 0 Å². The second-order valence-electron chi connectivity index (χ2n) is 8.23.